The van der Waals surface area contributed by atoms with Gasteiger partial charge in [0.1, 0.15) is 17.4 Å². The van der Waals surface area contributed by atoms with Crippen LogP contribution in [0.4, 0.5) is 0 Å². The standard InChI is InChI=1S/C19H16Cl2N2O3/c20-10-3-5-12-15(8-10)26-16-9-11(21)4-6-13(16)17(12)23-19(25)14-2-1-7-22-18(14)24/h3-6,8-9,14,17H,1-2,7H2,(H,22,24)(H,23,25). The molecule has 0 spiro atoms. The summed E-state index contributed by atoms with van der Waals surface area (Å²) in [6.07, 6.45) is 1.33. The molecule has 1 unspecified atom stereocenters. The van der Waals surface area contributed by atoms with Gasteiger partial charge in [-0.25, -0.2) is 0 Å². The van der Waals surface area contributed by atoms with Gasteiger partial charge in [-0.1, -0.05) is 35.3 Å². The molecule has 0 bridgehead atoms. The quantitative estimate of drug-likeness (QED) is 0.765. The molecular formula is C19H16Cl2N2O3. The molecule has 2 aromatic carbocycles. The summed E-state index contributed by atoms with van der Waals surface area (Å²) in [4.78, 5) is 24.8. The van der Waals surface area contributed by atoms with Crippen LogP contribution in [0.2, 0.25) is 10.0 Å². The predicted molar refractivity (Wildman–Crippen MR) is 98.7 cm³/mol. The van der Waals surface area contributed by atoms with Gasteiger partial charge in [0.05, 0.1) is 6.04 Å². The van der Waals surface area contributed by atoms with Crippen LogP contribution < -0.4 is 15.4 Å². The van der Waals surface area contributed by atoms with Crippen molar-refractivity contribution in [2.24, 2.45) is 5.92 Å². The Labute approximate surface area is 160 Å². The lowest BCUT2D eigenvalue weighted by Gasteiger charge is -2.31. The molecule has 4 rings (SSSR count). The van der Waals surface area contributed by atoms with Crippen molar-refractivity contribution < 1.29 is 14.3 Å². The van der Waals surface area contributed by atoms with Gasteiger partial charge in [-0.3, -0.25) is 9.59 Å². The minimum Gasteiger partial charge on any atom is -0.456 e. The maximum Gasteiger partial charge on any atom is 0.233 e. The van der Waals surface area contributed by atoms with E-state index in [1.165, 1.54) is 0 Å². The summed E-state index contributed by atoms with van der Waals surface area (Å²) in [6.45, 7) is 0.614. The molecule has 5 nitrogen and oxygen atoms in total. The van der Waals surface area contributed by atoms with Crippen LogP contribution in [0.3, 0.4) is 0 Å². The molecule has 2 amide bonds. The Kier molecular flexibility index (Phi) is 4.51. The van der Waals surface area contributed by atoms with E-state index in [9.17, 15) is 9.59 Å². The number of carbonyl (C=O) groups excluding carboxylic acids is 2. The lowest BCUT2D eigenvalue weighted by atomic mass is 9.92. The largest absolute Gasteiger partial charge is 0.456 e. The van der Waals surface area contributed by atoms with Gasteiger partial charge >= 0.3 is 0 Å². The number of halogens is 2. The molecule has 1 atom stereocenters. The number of benzene rings is 2. The summed E-state index contributed by atoms with van der Waals surface area (Å²) in [5.41, 5.74) is 1.57. The van der Waals surface area contributed by atoms with E-state index in [0.29, 0.717) is 34.5 Å². The monoisotopic (exact) mass is 390 g/mol. The fraction of sp³-hybridized carbons (Fsp3) is 0.263. The van der Waals surface area contributed by atoms with Crippen LogP contribution in [0.15, 0.2) is 36.4 Å². The van der Waals surface area contributed by atoms with Crippen LogP contribution in [-0.4, -0.2) is 18.4 Å². The highest BCUT2D eigenvalue weighted by molar-refractivity contribution is 6.31. The molecule has 26 heavy (non-hydrogen) atoms. The number of nitrogens with one attached hydrogen (secondary N) is 2. The van der Waals surface area contributed by atoms with Crippen molar-refractivity contribution in [3.8, 4) is 11.5 Å². The molecule has 0 radical (unpaired) electrons. The number of rotatable bonds is 2. The van der Waals surface area contributed by atoms with E-state index in [-0.39, 0.29) is 11.8 Å². The van der Waals surface area contributed by atoms with Gasteiger partial charge in [0.15, 0.2) is 0 Å². The summed E-state index contributed by atoms with van der Waals surface area (Å²) in [7, 11) is 0. The van der Waals surface area contributed by atoms with Crippen molar-refractivity contribution in [2.75, 3.05) is 6.54 Å². The fourth-order valence-electron chi connectivity index (χ4n) is 3.38. The normalized spacial score (nSPS) is 19.0. The summed E-state index contributed by atoms with van der Waals surface area (Å²) < 4.78 is 5.92. The zero-order chi connectivity index (χ0) is 18.3. The summed E-state index contributed by atoms with van der Waals surface area (Å²) >= 11 is 12.2. The number of fused-ring (bicyclic) bond motifs is 2. The molecule has 1 saturated heterocycles. The van der Waals surface area contributed by atoms with E-state index < -0.39 is 12.0 Å². The molecule has 2 aliphatic heterocycles. The molecular weight excluding hydrogens is 375 g/mol. The van der Waals surface area contributed by atoms with Crippen LogP contribution in [0.1, 0.15) is 30.0 Å². The molecule has 2 heterocycles. The molecule has 0 aliphatic carbocycles. The number of amides is 2. The van der Waals surface area contributed by atoms with Crippen molar-refractivity contribution in [1.29, 1.82) is 0 Å². The highest BCUT2D eigenvalue weighted by atomic mass is 35.5. The van der Waals surface area contributed by atoms with E-state index in [1.807, 2.05) is 12.1 Å². The topological polar surface area (TPSA) is 67.4 Å². The number of piperidine rings is 1. The molecule has 1 fully saturated rings. The number of hydrogen-bond donors (Lipinski definition) is 2. The first-order chi connectivity index (χ1) is 12.5. The molecule has 0 aromatic heterocycles. The molecule has 2 N–H and O–H groups in total. The SMILES string of the molecule is O=C1NCCCC1C(=O)NC1c2ccc(Cl)cc2Oc2cc(Cl)ccc21. The molecule has 2 aliphatic rings. The predicted octanol–water partition coefficient (Wildman–Crippen LogP) is 3.83. The average Bonchev–Trinajstić information content (AvgIpc) is 2.61. The Morgan fingerprint density at radius 2 is 1.69 bits per heavy atom. The fourth-order valence-corrected chi connectivity index (χ4v) is 3.70. The first-order valence-corrected chi connectivity index (χ1v) is 9.13. The van der Waals surface area contributed by atoms with Crippen molar-refractivity contribution >= 4 is 35.0 Å². The third-order valence-corrected chi connectivity index (χ3v) is 5.15. The average molecular weight is 391 g/mol. The highest BCUT2D eigenvalue weighted by Crippen LogP contribution is 2.44. The van der Waals surface area contributed by atoms with Crippen molar-refractivity contribution in [3.63, 3.8) is 0 Å². The van der Waals surface area contributed by atoms with Gasteiger partial charge in [0.2, 0.25) is 11.8 Å². The van der Waals surface area contributed by atoms with E-state index in [4.69, 9.17) is 27.9 Å². The van der Waals surface area contributed by atoms with Crippen molar-refractivity contribution in [1.82, 2.24) is 10.6 Å². The Bertz CT molecular complexity index is 849. The third kappa shape index (κ3) is 3.13. The van der Waals surface area contributed by atoms with Crippen LogP contribution in [0.25, 0.3) is 0 Å². The Hall–Kier alpha value is -2.24. The number of carbonyl (C=O) groups is 2. The van der Waals surface area contributed by atoms with Gasteiger partial charge in [-0.05, 0) is 37.1 Å². The van der Waals surface area contributed by atoms with E-state index in [2.05, 4.69) is 10.6 Å². The minimum atomic E-state index is -0.682. The van der Waals surface area contributed by atoms with E-state index in [1.54, 1.807) is 24.3 Å². The summed E-state index contributed by atoms with van der Waals surface area (Å²) in [5, 5.41) is 6.82. The second kappa shape index (κ2) is 6.82. The van der Waals surface area contributed by atoms with Crippen molar-refractivity contribution in [2.45, 2.75) is 18.9 Å². The summed E-state index contributed by atoms with van der Waals surface area (Å²) in [5.74, 6) is -0.0845. The second-order valence-electron chi connectivity index (χ2n) is 6.39. The first kappa shape index (κ1) is 17.2. The third-order valence-electron chi connectivity index (χ3n) is 4.68. The molecule has 7 heteroatoms. The minimum absolute atomic E-state index is 0.228. The maximum absolute atomic E-state index is 12.8. The second-order valence-corrected chi connectivity index (χ2v) is 7.27. The van der Waals surface area contributed by atoms with Crippen LogP contribution in [0.5, 0.6) is 11.5 Å². The van der Waals surface area contributed by atoms with Gasteiger partial charge < -0.3 is 15.4 Å². The number of ether oxygens (including phenoxy) is 1. The van der Waals surface area contributed by atoms with Gasteiger partial charge in [0, 0.05) is 27.7 Å². The van der Waals surface area contributed by atoms with Crippen LogP contribution in [-0.2, 0) is 9.59 Å². The van der Waals surface area contributed by atoms with E-state index in [0.717, 1.165) is 17.5 Å². The number of hydrogen-bond acceptors (Lipinski definition) is 3. The Morgan fingerprint density at radius 3 is 2.27 bits per heavy atom. The van der Waals surface area contributed by atoms with Gasteiger partial charge in [-0.2, -0.15) is 0 Å². The summed E-state index contributed by atoms with van der Waals surface area (Å²) in [6, 6.07) is 10.1. The highest BCUT2D eigenvalue weighted by Gasteiger charge is 2.34. The van der Waals surface area contributed by atoms with Gasteiger partial charge in [0.25, 0.3) is 0 Å². The molecule has 0 saturated carbocycles. The Morgan fingerprint density at radius 1 is 1.08 bits per heavy atom. The Balaban J connectivity index is 1.71. The lowest BCUT2D eigenvalue weighted by molar-refractivity contribution is -0.137. The lowest BCUT2D eigenvalue weighted by Crippen LogP contribution is -2.46. The first-order valence-electron chi connectivity index (χ1n) is 8.38. The maximum atomic E-state index is 12.8. The zero-order valence-corrected chi connectivity index (χ0v) is 15.2. The molecule has 2 aromatic rings. The van der Waals surface area contributed by atoms with Crippen molar-refractivity contribution in [3.05, 3.63) is 57.6 Å². The molecule has 134 valence electrons. The zero-order valence-electron chi connectivity index (χ0n) is 13.7. The van der Waals surface area contributed by atoms with Crippen LogP contribution in [0, 0.1) is 5.92 Å². The van der Waals surface area contributed by atoms with E-state index >= 15 is 0 Å². The smallest absolute Gasteiger partial charge is 0.233 e. The van der Waals surface area contributed by atoms with Gasteiger partial charge in [-0.15, -0.1) is 0 Å². The van der Waals surface area contributed by atoms with Crippen LogP contribution >= 0.6 is 23.2 Å².